The van der Waals surface area contributed by atoms with Gasteiger partial charge in [-0.05, 0) is 31.4 Å². The molecule has 0 atom stereocenters. The second-order valence-electron chi connectivity index (χ2n) is 3.65. The van der Waals surface area contributed by atoms with Crippen LogP contribution in [-0.2, 0) is 0 Å². The number of rotatable bonds is 4. The molecule has 0 N–H and O–H groups in total. The van der Waals surface area contributed by atoms with E-state index in [9.17, 15) is 10.1 Å². The van der Waals surface area contributed by atoms with Crippen LogP contribution < -0.4 is 0 Å². The fourth-order valence-electron chi connectivity index (χ4n) is 1.59. The van der Waals surface area contributed by atoms with E-state index in [-0.39, 0.29) is 10.6 Å². The highest BCUT2D eigenvalue weighted by Gasteiger charge is 2.14. The highest BCUT2D eigenvalue weighted by atomic mass is 79.9. The third-order valence-electron chi connectivity index (χ3n) is 2.27. The predicted octanol–water partition coefficient (Wildman–Crippen LogP) is 4.01. The topological polar surface area (TPSA) is 43.1 Å². The minimum Gasteiger partial charge on any atom is -0.258 e. The molecule has 0 bridgehead atoms. The Morgan fingerprint density at radius 1 is 1.44 bits per heavy atom. The van der Waals surface area contributed by atoms with Crippen LogP contribution in [0.1, 0.15) is 23.1 Å². The Hall–Kier alpha value is -1.16. The summed E-state index contributed by atoms with van der Waals surface area (Å²) in [6, 6.07) is 3.57. The summed E-state index contributed by atoms with van der Waals surface area (Å²) in [6.07, 6.45) is 4.64. The summed E-state index contributed by atoms with van der Waals surface area (Å²) in [6.45, 7) is 3.76. The van der Waals surface area contributed by atoms with Gasteiger partial charge < -0.3 is 0 Å². The van der Waals surface area contributed by atoms with Crippen LogP contribution in [0.5, 0.6) is 0 Å². The second kappa shape index (κ2) is 5.80. The second-order valence-corrected chi connectivity index (χ2v) is 4.44. The molecule has 1 aromatic carbocycles. The lowest BCUT2D eigenvalue weighted by Crippen LogP contribution is -1.95. The summed E-state index contributed by atoms with van der Waals surface area (Å²) in [5.74, 6) is 0. The van der Waals surface area contributed by atoms with Crippen LogP contribution in [-0.4, -0.2) is 10.3 Å². The molecule has 0 aliphatic rings. The van der Waals surface area contributed by atoms with Crippen LogP contribution in [0.3, 0.4) is 0 Å². The number of hydrogen-bond donors (Lipinski definition) is 0. The summed E-state index contributed by atoms with van der Waals surface area (Å²) in [4.78, 5) is 10.6. The van der Waals surface area contributed by atoms with E-state index in [4.69, 9.17) is 0 Å². The highest BCUT2D eigenvalue weighted by Crippen LogP contribution is 2.25. The van der Waals surface area contributed by atoms with Crippen molar-refractivity contribution in [3.8, 4) is 0 Å². The van der Waals surface area contributed by atoms with Crippen molar-refractivity contribution in [2.24, 2.45) is 0 Å². The lowest BCUT2D eigenvalue weighted by atomic mass is 10.0. The maximum Gasteiger partial charge on any atom is 0.277 e. The van der Waals surface area contributed by atoms with Crippen LogP contribution >= 0.6 is 15.9 Å². The van der Waals surface area contributed by atoms with Gasteiger partial charge in [-0.1, -0.05) is 34.1 Å². The van der Waals surface area contributed by atoms with E-state index in [0.29, 0.717) is 5.56 Å². The highest BCUT2D eigenvalue weighted by molar-refractivity contribution is 9.09. The molecule has 0 radical (unpaired) electrons. The van der Waals surface area contributed by atoms with Crippen LogP contribution in [0.4, 0.5) is 5.69 Å². The normalized spacial score (nSPS) is 10.9. The van der Waals surface area contributed by atoms with Gasteiger partial charge in [0.05, 0.1) is 10.5 Å². The van der Waals surface area contributed by atoms with Crippen LogP contribution in [0, 0.1) is 24.0 Å². The van der Waals surface area contributed by atoms with Gasteiger partial charge in [0.2, 0.25) is 0 Å². The van der Waals surface area contributed by atoms with E-state index >= 15 is 0 Å². The van der Waals surface area contributed by atoms with E-state index in [1.807, 2.05) is 32.1 Å². The monoisotopic (exact) mass is 283 g/mol. The quantitative estimate of drug-likeness (QED) is 0.476. The van der Waals surface area contributed by atoms with Crippen LogP contribution in [0.25, 0.3) is 6.08 Å². The van der Waals surface area contributed by atoms with Gasteiger partial charge in [-0.2, -0.15) is 0 Å². The van der Waals surface area contributed by atoms with Crippen molar-refractivity contribution in [3.05, 3.63) is 45.0 Å². The van der Waals surface area contributed by atoms with Crippen molar-refractivity contribution in [2.45, 2.75) is 20.3 Å². The first-order valence-corrected chi connectivity index (χ1v) is 6.16. The molecule has 0 amide bonds. The van der Waals surface area contributed by atoms with Crippen LogP contribution in [0.15, 0.2) is 18.2 Å². The Morgan fingerprint density at radius 3 is 2.69 bits per heavy atom. The molecule has 0 heterocycles. The SMILES string of the molecule is Cc1cc(C)c(C=CCCBr)c([N+](=O)[O-])c1. The van der Waals surface area contributed by atoms with Gasteiger partial charge in [0, 0.05) is 11.4 Å². The molecule has 1 aromatic rings. The standard InChI is InChI=1S/C12H14BrNO2/c1-9-7-10(2)11(5-3-4-6-13)12(8-9)14(15)16/h3,5,7-8H,4,6H2,1-2H3. The molecule has 1 rings (SSSR count). The van der Waals surface area contributed by atoms with Crippen molar-refractivity contribution in [3.63, 3.8) is 0 Å². The zero-order valence-corrected chi connectivity index (χ0v) is 11.0. The third kappa shape index (κ3) is 3.17. The van der Waals surface area contributed by atoms with Gasteiger partial charge in [0.15, 0.2) is 0 Å². The molecule has 0 aromatic heterocycles. The molecule has 86 valence electrons. The molecular formula is C12H14BrNO2. The van der Waals surface area contributed by atoms with Gasteiger partial charge in [-0.25, -0.2) is 0 Å². The molecular weight excluding hydrogens is 270 g/mol. The molecule has 0 fully saturated rings. The molecule has 0 unspecified atom stereocenters. The number of benzene rings is 1. The number of aryl methyl sites for hydroxylation is 2. The summed E-state index contributed by atoms with van der Waals surface area (Å²) in [7, 11) is 0. The average Bonchev–Trinajstić information content (AvgIpc) is 2.20. The maximum absolute atomic E-state index is 10.9. The summed E-state index contributed by atoms with van der Waals surface area (Å²) >= 11 is 3.32. The third-order valence-corrected chi connectivity index (χ3v) is 2.72. The van der Waals surface area contributed by atoms with Gasteiger partial charge in [-0.15, -0.1) is 0 Å². The number of nitrogens with zero attached hydrogens (tertiary/aromatic N) is 1. The number of nitro benzene ring substituents is 1. The number of allylic oxidation sites excluding steroid dienone is 1. The van der Waals surface area contributed by atoms with Crippen molar-refractivity contribution in [2.75, 3.05) is 5.33 Å². The Morgan fingerprint density at radius 2 is 2.12 bits per heavy atom. The largest absolute Gasteiger partial charge is 0.277 e. The number of hydrogen-bond acceptors (Lipinski definition) is 2. The molecule has 0 saturated carbocycles. The van der Waals surface area contributed by atoms with E-state index in [0.717, 1.165) is 22.9 Å². The van der Waals surface area contributed by atoms with E-state index in [1.54, 1.807) is 6.07 Å². The summed E-state index contributed by atoms with van der Waals surface area (Å²) in [5, 5.41) is 11.8. The first-order valence-electron chi connectivity index (χ1n) is 5.04. The van der Waals surface area contributed by atoms with Crippen molar-refractivity contribution in [1.82, 2.24) is 0 Å². The van der Waals surface area contributed by atoms with Gasteiger partial charge >= 0.3 is 0 Å². The molecule has 0 aliphatic carbocycles. The number of nitro groups is 1. The molecule has 0 aliphatic heterocycles. The zero-order valence-electron chi connectivity index (χ0n) is 9.37. The fraction of sp³-hybridized carbons (Fsp3) is 0.333. The summed E-state index contributed by atoms with van der Waals surface area (Å²) in [5.41, 5.74) is 2.75. The average molecular weight is 284 g/mol. The van der Waals surface area contributed by atoms with E-state index < -0.39 is 0 Å². The van der Waals surface area contributed by atoms with Crippen molar-refractivity contribution < 1.29 is 4.92 Å². The van der Waals surface area contributed by atoms with Crippen molar-refractivity contribution >= 4 is 27.7 Å². The summed E-state index contributed by atoms with van der Waals surface area (Å²) < 4.78 is 0. The van der Waals surface area contributed by atoms with Gasteiger partial charge in [0.25, 0.3) is 5.69 Å². The molecule has 4 heteroatoms. The molecule has 0 saturated heterocycles. The minimum atomic E-state index is -0.326. The Bertz CT molecular complexity index is 427. The first kappa shape index (κ1) is 12.9. The van der Waals surface area contributed by atoms with E-state index in [2.05, 4.69) is 15.9 Å². The van der Waals surface area contributed by atoms with Gasteiger partial charge in [0.1, 0.15) is 0 Å². The smallest absolute Gasteiger partial charge is 0.258 e. The maximum atomic E-state index is 10.9. The minimum absolute atomic E-state index is 0.184. The molecule has 16 heavy (non-hydrogen) atoms. The molecule has 3 nitrogen and oxygen atoms in total. The van der Waals surface area contributed by atoms with E-state index in [1.165, 1.54) is 0 Å². The lowest BCUT2D eigenvalue weighted by Gasteiger charge is -2.04. The van der Waals surface area contributed by atoms with Gasteiger partial charge in [-0.3, -0.25) is 10.1 Å². The number of alkyl halides is 1. The van der Waals surface area contributed by atoms with Crippen LogP contribution in [0.2, 0.25) is 0 Å². The predicted molar refractivity (Wildman–Crippen MR) is 70.0 cm³/mol. The Balaban J connectivity index is 3.19. The molecule has 0 spiro atoms. The first-order chi connectivity index (χ1) is 7.56. The fourth-order valence-corrected chi connectivity index (χ4v) is 1.85. The van der Waals surface area contributed by atoms with Crippen molar-refractivity contribution in [1.29, 1.82) is 0 Å². The Kier molecular flexibility index (Phi) is 4.68. The zero-order chi connectivity index (χ0) is 12.1. The lowest BCUT2D eigenvalue weighted by molar-refractivity contribution is -0.385. The number of halogens is 1. The Labute approximate surface area is 103 Å².